The molecule has 4 atom stereocenters. The van der Waals surface area contributed by atoms with Crippen molar-refractivity contribution < 1.29 is 4.11 Å². The van der Waals surface area contributed by atoms with Crippen LogP contribution in [0.15, 0.2) is 231 Å². The molecular weight excluding hydrogens is 1120 g/mol. The molecule has 93 heavy (non-hydrogen) atoms. The van der Waals surface area contributed by atoms with Crippen LogP contribution < -0.4 is 0 Å². The highest BCUT2D eigenvalue weighted by molar-refractivity contribution is 5.86. The molecule has 462 valence electrons. The van der Waals surface area contributed by atoms with E-state index in [-0.39, 0.29) is 11.3 Å². The summed E-state index contributed by atoms with van der Waals surface area (Å²) in [6.07, 6.45) is 0. The molecule has 0 aromatic heterocycles. The third-order valence-electron chi connectivity index (χ3n) is 21.0. The molecular formula is C93H90. The van der Waals surface area contributed by atoms with Crippen molar-refractivity contribution in [3.8, 4) is 44.5 Å². The molecule has 0 amide bonds. The second kappa shape index (κ2) is 24.9. The molecule has 0 radical (unpaired) electrons. The fraction of sp³-hybridized carbons (Fsp3) is 0.226. The molecule has 0 fully saturated rings. The summed E-state index contributed by atoms with van der Waals surface area (Å²) in [4.78, 5) is 0. The Morgan fingerprint density at radius 3 is 0.903 bits per heavy atom. The number of hydrogen-bond acceptors (Lipinski definition) is 0. The number of benzene rings is 12. The minimum Gasteiger partial charge on any atom is -0.0619 e. The van der Waals surface area contributed by atoms with Crippen molar-refractivity contribution in [1.29, 1.82) is 0 Å². The van der Waals surface area contributed by atoms with Crippen LogP contribution >= 0.6 is 0 Å². The minimum atomic E-state index is -2.07. The predicted molar refractivity (Wildman–Crippen MR) is 397 cm³/mol. The van der Waals surface area contributed by atoms with E-state index in [2.05, 4.69) is 314 Å². The molecule has 12 aromatic rings. The fourth-order valence-corrected chi connectivity index (χ4v) is 16.1. The summed E-state index contributed by atoms with van der Waals surface area (Å²) in [7, 11) is 0. The minimum absolute atomic E-state index is 0.159. The van der Waals surface area contributed by atoms with Crippen LogP contribution in [-0.2, 0) is 5.41 Å². The van der Waals surface area contributed by atoms with Crippen LogP contribution in [0.3, 0.4) is 0 Å². The van der Waals surface area contributed by atoms with Crippen LogP contribution in [0.2, 0.25) is 0 Å². The maximum Gasteiger partial charge on any atom is 0.0357 e. The molecule has 16 rings (SSSR count). The average molecular weight is 1210 g/mol. The SMILES string of the molecule is Cc1cc(C)c(C2c3ccccc3-c3cccc(C)c32)cc1C.Cc1ccc(C(C)(C)C)cc1C1c2ccccc2-c2cccc(C)c21.Cc1ccc(C2c3ccccc3-c3cccc(C)c32)c(C)c1.[2H]C([2H])([2H])c1cc(C)c(C2c3ccccc3-c3cccc(C)c32)cc1C. The number of fused-ring (bicyclic) bond motifs is 12. The lowest BCUT2D eigenvalue weighted by molar-refractivity contribution is 0.589. The van der Waals surface area contributed by atoms with Crippen LogP contribution in [0.4, 0.5) is 0 Å². The lowest BCUT2D eigenvalue weighted by Gasteiger charge is -2.24. The van der Waals surface area contributed by atoms with Crippen molar-refractivity contribution in [3.63, 3.8) is 0 Å². The standard InChI is InChI=1S/C25H26.2C23H22.C22H20/c1-16-13-14-18(25(3,4)5)15-22(16)24-21-11-7-6-10-19(21)20-12-8-9-17(2)23(20)24;2*1-14-8-7-11-19-18-9-5-6-10-20(18)23(22(14)19)21-13-16(3)15(2)12-17(21)4;1-14-11-12-17(16(3)13-14)22-20-9-5-4-8-18(20)19-10-6-7-15(2)21(19)22/h6-15,24H,1-5H3;2*5-13,23H,1-4H3;4-13,22H,1-3H3/i;2D3;;. The summed E-state index contributed by atoms with van der Waals surface area (Å²) in [5, 5.41) is 0. The van der Waals surface area contributed by atoms with Gasteiger partial charge in [0.2, 0.25) is 0 Å². The maximum atomic E-state index is 7.79. The Hall–Kier alpha value is -9.36. The Balaban J connectivity index is 0.000000116. The van der Waals surface area contributed by atoms with Gasteiger partial charge in [-0.05, 0) is 279 Å². The van der Waals surface area contributed by atoms with Crippen LogP contribution in [0.5, 0.6) is 0 Å². The Morgan fingerprint density at radius 2 is 0.538 bits per heavy atom. The van der Waals surface area contributed by atoms with E-state index >= 15 is 0 Å². The van der Waals surface area contributed by atoms with Gasteiger partial charge in [-0.3, -0.25) is 0 Å². The monoisotopic (exact) mass is 1210 g/mol. The Morgan fingerprint density at radius 1 is 0.226 bits per heavy atom. The quantitative estimate of drug-likeness (QED) is 0.165. The molecule has 0 bridgehead atoms. The zero-order valence-electron chi connectivity index (χ0n) is 60.2. The van der Waals surface area contributed by atoms with Crippen molar-refractivity contribution >= 4 is 0 Å². The first-order valence-corrected chi connectivity index (χ1v) is 33.5. The average Bonchev–Trinajstić information content (AvgIpc) is 1.62. The van der Waals surface area contributed by atoms with Gasteiger partial charge in [-0.15, -0.1) is 0 Å². The highest BCUT2D eigenvalue weighted by Gasteiger charge is 2.36. The lowest BCUT2D eigenvalue weighted by Crippen LogP contribution is -2.13. The summed E-state index contributed by atoms with van der Waals surface area (Å²) >= 11 is 0. The first-order valence-electron chi connectivity index (χ1n) is 35.0. The van der Waals surface area contributed by atoms with Crippen molar-refractivity contribution in [3.05, 3.63) is 375 Å². The fourth-order valence-electron chi connectivity index (χ4n) is 16.1. The first kappa shape index (κ1) is 58.7. The molecule has 0 saturated heterocycles. The molecule has 0 heterocycles. The van der Waals surface area contributed by atoms with E-state index in [0.29, 0.717) is 23.3 Å². The number of aryl methyl sites for hydroxylation is 13. The molecule has 0 saturated carbocycles. The molecule has 0 spiro atoms. The largest absolute Gasteiger partial charge is 0.0619 e. The normalized spacial score (nSPS) is 16.1. The lowest BCUT2D eigenvalue weighted by atomic mass is 9.80. The second-order valence-corrected chi connectivity index (χ2v) is 28.2. The van der Waals surface area contributed by atoms with E-state index in [1.165, 1.54) is 172 Å². The molecule has 0 aliphatic heterocycles. The third-order valence-corrected chi connectivity index (χ3v) is 21.0. The van der Waals surface area contributed by atoms with Crippen molar-refractivity contribution in [2.24, 2.45) is 0 Å². The van der Waals surface area contributed by atoms with Gasteiger partial charge in [0.15, 0.2) is 0 Å². The van der Waals surface area contributed by atoms with Crippen LogP contribution in [0, 0.1) is 89.9 Å². The van der Waals surface area contributed by atoms with Crippen molar-refractivity contribution in [2.45, 2.75) is 140 Å². The van der Waals surface area contributed by atoms with Gasteiger partial charge in [-0.25, -0.2) is 0 Å². The zero-order chi connectivity index (χ0) is 67.8. The summed E-state index contributed by atoms with van der Waals surface area (Å²) in [6.45, 7) is 31.0. The van der Waals surface area contributed by atoms with Gasteiger partial charge < -0.3 is 0 Å². The van der Waals surface area contributed by atoms with E-state index in [1.807, 2.05) is 19.9 Å². The van der Waals surface area contributed by atoms with Gasteiger partial charge in [0, 0.05) is 27.8 Å². The van der Waals surface area contributed by atoms with Crippen molar-refractivity contribution in [1.82, 2.24) is 0 Å². The van der Waals surface area contributed by atoms with Gasteiger partial charge in [0.1, 0.15) is 0 Å². The summed E-state index contributed by atoms with van der Waals surface area (Å²) in [5.74, 6) is 1.23. The summed E-state index contributed by atoms with van der Waals surface area (Å²) in [5.41, 5.74) is 45.6. The van der Waals surface area contributed by atoms with Gasteiger partial charge in [-0.1, -0.05) is 257 Å². The van der Waals surface area contributed by atoms with E-state index in [0.717, 1.165) is 11.1 Å². The Bertz CT molecular complexity index is 5020. The molecule has 0 N–H and O–H groups in total. The van der Waals surface area contributed by atoms with Gasteiger partial charge in [0.05, 0.1) is 0 Å². The van der Waals surface area contributed by atoms with Crippen LogP contribution in [-0.4, -0.2) is 0 Å². The third kappa shape index (κ3) is 11.2. The molecule has 12 aromatic carbocycles. The van der Waals surface area contributed by atoms with Crippen molar-refractivity contribution in [2.75, 3.05) is 0 Å². The van der Waals surface area contributed by atoms with Gasteiger partial charge in [0.25, 0.3) is 0 Å². The van der Waals surface area contributed by atoms with Crippen LogP contribution in [0.1, 0.15) is 193 Å². The van der Waals surface area contributed by atoms with E-state index in [4.69, 9.17) is 4.11 Å². The van der Waals surface area contributed by atoms with E-state index in [9.17, 15) is 0 Å². The Labute approximate surface area is 560 Å². The molecule has 0 heteroatoms. The van der Waals surface area contributed by atoms with E-state index < -0.39 is 6.85 Å². The van der Waals surface area contributed by atoms with E-state index in [1.54, 1.807) is 0 Å². The topological polar surface area (TPSA) is 0 Å². The Kier molecular flexibility index (Phi) is 15.7. The number of hydrogen-bond donors (Lipinski definition) is 0. The summed E-state index contributed by atoms with van der Waals surface area (Å²) in [6, 6.07) is 84.4. The highest BCUT2D eigenvalue weighted by Crippen LogP contribution is 2.54. The van der Waals surface area contributed by atoms with Gasteiger partial charge >= 0.3 is 0 Å². The second-order valence-electron chi connectivity index (χ2n) is 28.2. The zero-order valence-corrected chi connectivity index (χ0v) is 57.2. The molecule has 4 unspecified atom stereocenters. The predicted octanol–water partition coefficient (Wildman–Crippen LogP) is 24.7. The summed E-state index contributed by atoms with van der Waals surface area (Å²) < 4.78 is 23.4. The highest BCUT2D eigenvalue weighted by atomic mass is 14.4. The smallest absolute Gasteiger partial charge is 0.0357 e. The number of rotatable bonds is 4. The first-order chi connectivity index (χ1) is 45.9. The van der Waals surface area contributed by atoms with Gasteiger partial charge in [-0.2, -0.15) is 0 Å². The maximum absolute atomic E-state index is 7.79. The molecule has 4 aliphatic carbocycles. The van der Waals surface area contributed by atoms with Crippen LogP contribution in [0.25, 0.3) is 44.5 Å². The molecule has 4 aliphatic rings. The molecule has 0 nitrogen and oxygen atoms in total.